The number of aromatic hydroxyl groups is 1. The topological polar surface area (TPSA) is 228 Å². The van der Waals surface area contributed by atoms with E-state index in [1.54, 1.807) is 36.4 Å². The summed E-state index contributed by atoms with van der Waals surface area (Å²) in [6, 6.07) is 19.4. The van der Waals surface area contributed by atoms with Crippen molar-refractivity contribution in [2.75, 3.05) is 13.2 Å². The van der Waals surface area contributed by atoms with E-state index >= 15 is 0 Å². The summed E-state index contributed by atoms with van der Waals surface area (Å²) in [5, 5.41) is 64.1. The summed E-state index contributed by atoms with van der Waals surface area (Å²) >= 11 is 0. The molecular weight excluding hydrogens is 636 g/mol. The molecule has 256 valence electrons. The fourth-order valence-electron chi connectivity index (χ4n) is 5.11. The maximum Gasteiger partial charge on any atom is 0.338 e. The van der Waals surface area contributed by atoms with E-state index in [2.05, 4.69) is 0 Å². The van der Waals surface area contributed by atoms with Gasteiger partial charge in [-0.15, -0.1) is 0 Å². The Balaban J connectivity index is 1.34. The molecule has 0 amide bonds. The first-order chi connectivity index (χ1) is 23.1. The normalized spacial score (nSPS) is 30.2. The number of esters is 2. The third kappa shape index (κ3) is 7.98. The molecule has 2 fully saturated rings. The first kappa shape index (κ1) is 34.9. The average molecular weight is 671 g/mol. The highest BCUT2D eigenvalue weighted by Crippen LogP contribution is 2.32. The van der Waals surface area contributed by atoms with Crippen LogP contribution < -0.4 is 4.74 Å². The lowest BCUT2D eigenvalue weighted by molar-refractivity contribution is -0.352. The Labute approximate surface area is 273 Å². The van der Waals surface area contributed by atoms with E-state index in [9.17, 15) is 45.0 Å². The van der Waals surface area contributed by atoms with Crippen LogP contribution in [0.15, 0.2) is 78.9 Å². The van der Waals surface area contributed by atoms with Crippen molar-refractivity contribution in [2.24, 2.45) is 0 Å². The maximum absolute atomic E-state index is 12.6. The molecule has 48 heavy (non-hydrogen) atoms. The zero-order valence-electron chi connectivity index (χ0n) is 25.1. The number of ether oxygens (including phenoxy) is 6. The van der Waals surface area contributed by atoms with Gasteiger partial charge < -0.3 is 59.1 Å². The van der Waals surface area contributed by atoms with Crippen molar-refractivity contribution >= 4 is 18.2 Å². The van der Waals surface area contributed by atoms with E-state index in [1.807, 2.05) is 0 Å². The fourth-order valence-corrected chi connectivity index (χ4v) is 5.11. The molecule has 0 bridgehead atoms. The van der Waals surface area contributed by atoms with E-state index in [4.69, 9.17) is 28.4 Å². The van der Waals surface area contributed by atoms with E-state index in [0.717, 1.165) is 6.07 Å². The molecule has 0 aliphatic carbocycles. The van der Waals surface area contributed by atoms with Crippen molar-refractivity contribution in [2.45, 2.75) is 61.4 Å². The minimum atomic E-state index is -1.92. The molecule has 0 unspecified atom stereocenters. The summed E-state index contributed by atoms with van der Waals surface area (Å²) in [6.07, 6.45) is -16.9. The van der Waals surface area contributed by atoms with Crippen LogP contribution in [0.3, 0.4) is 0 Å². The molecule has 2 saturated heterocycles. The first-order valence-electron chi connectivity index (χ1n) is 14.8. The lowest BCUT2D eigenvalue weighted by atomic mass is 9.97. The van der Waals surface area contributed by atoms with Crippen LogP contribution in [0.2, 0.25) is 0 Å². The Morgan fingerprint density at radius 3 is 1.77 bits per heavy atom. The standard InChI is InChI=1S/C33H34O15/c34-14-19-13-20(35)11-12-21(19)45-33-28(40)29(25(37)23(47-33)16-44-31(42)18-9-5-2-6-10-18)48-32-27(39)26(38)24(36)22(46-32)15-43-30(41)17-7-3-1-4-8-17/h1-14,22-29,32-33,35-40H,15-16H2/t22-,23-,24-,25-,26+,27-,28-,29+,32+,33-/m1/s1. The molecule has 10 atom stereocenters. The number of benzene rings is 3. The highest BCUT2D eigenvalue weighted by Gasteiger charge is 2.52. The van der Waals surface area contributed by atoms with E-state index in [1.165, 1.54) is 36.4 Å². The van der Waals surface area contributed by atoms with Gasteiger partial charge in [0.25, 0.3) is 0 Å². The van der Waals surface area contributed by atoms with E-state index in [0.29, 0.717) is 6.29 Å². The van der Waals surface area contributed by atoms with Gasteiger partial charge in [-0.25, -0.2) is 9.59 Å². The largest absolute Gasteiger partial charge is 0.508 e. The van der Waals surface area contributed by atoms with Crippen molar-refractivity contribution in [1.29, 1.82) is 0 Å². The molecule has 2 heterocycles. The minimum Gasteiger partial charge on any atom is -0.508 e. The Hall–Kier alpha value is -4.45. The van der Waals surface area contributed by atoms with Gasteiger partial charge in [0.15, 0.2) is 12.6 Å². The lowest BCUT2D eigenvalue weighted by Crippen LogP contribution is -2.65. The summed E-state index contributed by atoms with van der Waals surface area (Å²) in [5.41, 5.74) is 0.298. The Morgan fingerprint density at radius 2 is 1.21 bits per heavy atom. The van der Waals surface area contributed by atoms with Crippen LogP contribution in [-0.2, 0) is 23.7 Å². The Kier molecular flexibility index (Phi) is 11.4. The second-order valence-corrected chi connectivity index (χ2v) is 11.0. The van der Waals surface area contributed by atoms with Crippen LogP contribution in [0.5, 0.6) is 11.5 Å². The molecular formula is C33H34O15. The van der Waals surface area contributed by atoms with Crippen LogP contribution in [0.4, 0.5) is 0 Å². The molecule has 6 N–H and O–H groups in total. The summed E-state index contributed by atoms with van der Waals surface area (Å²) < 4.78 is 33.4. The number of phenols is 1. The Bertz CT molecular complexity index is 1540. The van der Waals surface area contributed by atoms with Gasteiger partial charge in [0, 0.05) is 0 Å². The molecule has 0 spiro atoms. The third-order valence-corrected chi connectivity index (χ3v) is 7.74. The number of aliphatic hydroxyl groups is 5. The predicted molar refractivity (Wildman–Crippen MR) is 160 cm³/mol. The summed E-state index contributed by atoms with van der Waals surface area (Å²) in [5.74, 6) is -1.89. The zero-order valence-corrected chi connectivity index (χ0v) is 25.1. The average Bonchev–Trinajstić information content (AvgIpc) is 3.11. The molecule has 2 aliphatic rings. The van der Waals surface area contributed by atoms with Crippen molar-refractivity contribution in [1.82, 2.24) is 0 Å². The van der Waals surface area contributed by atoms with Crippen LogP contribution in [0.1, 0.15) is 31.1 Å². The van der Waals surface area contributed by atoms with Gasteiger partial charge in [-0.3, -0.25) is 4.79 Å². The van der Waals surface area contributed by atoms with Crippen molar-refractivity contribution in [3.05, 3.63) is 95.6 Å². The van der Waals surface area contributed by atoms with Gasteiger partial charge in [-0.1, -0.05) is 36.4 Å². The van der Waals surface area contributed by atoms with Gasteiger partial charge in [0.05, 0.1) is 16.7 Å². The number of hydrogen-bond donors (Lipinski definition) is 6. The lowest BCUT2D eigenvalue weighted by Gasteiger charge is -2.46. The van der Waals surface area contributed by atoms with Crippen LogP contribution in [-0.4, -0.2) is 123 Å². The van der Waals surface area contributed by atoms with Crippen molar-refractivity contribution in [3.8, 4) is 11.5 Å². The Morgan fingerprint density at radius 1 is 0.667 bits per heavy atom. The number of hydrogen-bond acceptors (Lipinski definition) is 15. The second kappa shape index (κ2) is 15.6. The van der Waals surface area contributed by atoms with Crippen LogP contribution in [0, 0.1) is 0 Å². The number of aldehydes is 1. The summed E-state index contributed by atoms with van der Waals surface area (Å²) in [6.45, 7) is -1.15. The first-order valence-corrected chi connectivity index (χ1v) is 14.8. The van der Waals surface area contributed by atoms with E-state index < -0.39 is 86.6 Å². The third-order valence-electron chi connectivity index (χ3n) is 7.74. The molecule has 3 aromatic carbocycles. The smallest absolute Gasteiger partial charge is 0.338 e. The quantitative estimate of drug-likeness (QED) is 0.116. The fraction of sp³-hybridized carbons (Fsp3) is 0.364. The number of rotatable bonds is 11. The molecule has 15 heteroatoms. The highest BCUT2D eigenvalue weighted by molar-refractivity contribution is 5.89. The second-order valence-electron chi connectivity index (χ2n) is 11.0. The number of aliphatic hydroxyl groups excluding tert-OH is 5. The molecule has 5 rings (SSSR count). The molecule has 2 aliphatic heterocycles. The molecule has 0 saturated carbocycles. The van der Waals surface area contributed by atoms with Crippen molar-refractivity contribution < 1.29 is 73.4 Å². The van der Waals surface area contributed by atoms with Gasteiger partial charge in [-0.2, -0.15) is 0 Å². The summed E-state index contributed by atoms with van der Waals surface area (Å²) in [4.78, 5) is 36.7. The summed E-state index contributed by atoms with van der Waals surface area (Å²) in [7, 11) is 0. The zero-order chi connectivity index (χ0) is 34.4. The molecule has 3 aromatic rings. The SMILES string of the molecule is O=Cc1cc(O)ccc1O[C@@H]1O[C@H](COC(=O)c2ccccc2)[C@@H](O)[C@H](O[C@@H]2O[C@H](COC(=O)c3ccccc3)[C@@H](O)[C@H](O)[C@H]2O)[C@H]1O. The van der Waals surface area contributed by atoms with Crippen molar-refractivity contribution in [3.63, 3.8) is 0 Å². The monoisotopic (exact) mass is 670 g/mol. The van der Waals surface area contributed by atoms with Gasteiger partial charge in [0.2, 0.25) is 6.29 Å². The van der Waals surface area contributed by atoms with Gasteiger partial charge in [0.1, 0.15) is 73.5 Å². The molecule has 0 radical (unpaired) electrons. The van der Waals surface area contributed by atoms with Gasteiger partial charge >= 0.3 is 11.9 Å². The predicted octanol–water partition coefficient (Wildman–Crippen LogP) is -0.0630. The van der Waals surface area contributed by atoms with Gasteiger partial charge in [-0.05, 0) is 42.5 Å². The number of carbonyl (C=O) groups is 3. The highest BCUT2D eigenvalue weighted by atomic mass is 16.7. The molecule has 0 aromatic heterocycles. The van der Waals surface area contributed by atoms with Crippen LogP contribution >= 0.6 is 0 Å². The van der Waals surface area contributed by atoms with Crippen LogP contribution in [0.25, 0.3) is 0 Å². The van der Waals surface area contributed by atoms with E-state index in [-0.39, 0.29) is 28.2 Å². The molecule has 15 nitrogen and oxygen atoms in total. The maximum atomic E-state index is 12.6. The number of carbonyl (C=O) groups excluding carboxylic acids is 3. The minimum absolute atomic E-state index is 0.113. The number of phenolic OH excluding ortho intramolecular Hbond substituents is 1.